The van der Waals surface area contributed by atoms with Gasteiger partial charge in [-0.1, -0.05) is 6.07 Å². The zero-order valence-corrected chi connectivity index (χ0v) is 12.7. The first-order valence-corrected chi connectivity index (χ1v) is 7.32. The molecule has 0 N–H and O–H groups in total. The van der Waals surface area contributed by atoms with Crippen molar-refractivity contribution in [3.8, 4) is 0 Å². The minimum atomic E-state index is -0.475. The molecule has 0 saturated heterocycles. The van der Waals surface area contributed by atoms with E-state index in [0.717, 1.165) is 11.3 Å². The summed E-state index contributed by atoms with van der Waals surface area (Å²) < 4.78 is 1.50. The van der Waals surface area contributed by atoms with Crippen LogP contribution in [0.4, 0.5) is 11.4 Å². The fourth-order valence-corrected chi connectivity index (χ4v) is 2.81. The Labute approximate surface area is 135 Å². The number of nitrogens with zero attached hydrogens (tertiary/aromatic N) is 6. The van der Waals surface area contributed by atoms with Crippen LogP contribution in [0.15, 0.2) is 30.5 Å². The first-order valence-electron chi connectivity index (χ1n) is 7.32. The van der Waals surface area contributed by atoms with Gasteiger partial charge in [-0.25, -0.2) is 9.50 Å². The van der Waals surface area contributed by atoms with Crippen LogP contribution < -0.4 is 4.90 Å². The molecule has 0 bridgehead atoms. The lowest BCUT2D eigenvalue weighted by Crippen LogP contribution is -2.30. The van der Waals surface area contributed by atoms with Crippen LogP contribution in [0, 0.1) is 17.0 Å². The minimum absolute atomic E-state index is 0.0242. The number of nitro benzene ring substituents is 1. The zero-order valence-electron chi connectivity index (χ0n) is 12.7. The second-order valence-corrected chi connectivity index (χ2v) is 5.51. The number of carbonyl (C=O) groups excluding carboxylic acids is 1. The summed E-state index contributed by atoms with van der Waals surface area (Å²) in [4.78, 5) is 33.0. The predicted molar refractivity (Wildman–Crippen MR) is 84.0 cm³/mol. The van der Waals surface area contributed by atoms with Crippen LogP contribution >= 0.6 is 0 Å². The Morgan fingerprint density at radius 1 is 1.33 bits per heavy atom. The maximum atomic E-state index is 12.8. The summed E-state index contributed by atoms with van der Waals surface area (Å²) >= 11 is 0. The van der Waals surface area contributed by atoms with Crippen LogP contribution in [-0.2, 0) is 6.42 Å². The van der Waals surface area contributed by atoms with E-state index in [1.54, 1.807) is 18.3 Å². The second kappa shape index (κ2) is 5.08. The van der Waals surface area contributed by atoms with Gasteiger partial charge in [-0.15, -0.1) is 5.10 Å². The molecule has 1 aliphatic heterocycles. The smallest absolute Gasteiger partial charge is 0.298 e. The zero-order chi connectivity index (χ0) is 16.8. The van der Waals surface area contributed by atoms with Crippen molar-refractivity contribution in [1.29, 1.82) is 0 Å². The van der Waals surface area contributed by atoms with E-state index < -0.39 is 4.92 Å². The third-order valence-electron chi connectivity index (χ3n) is 4.04. The number of nitro groups is 1. The van der Waals surface area contributed by atoms with E-state index in [-0.39, 0.29) is 17.4 Å². The average molecular weight is 324 g/mol. The summed E-state index contributed by atoms with van der Waals surface area (Å²) in [5, 5.41) is 15.2. The number of fused-ring (bicyclic) bond motifs is 2. The average Bonchev–Trinajstić information content (AvgIpc) is 3.18. The topological polar surface area (TPSA) is 107 Å². The van der Waals surface area contributed by atoms with E-state index in [2.05, 4.69) is 15.1 Å². The van der Waals surface area contributed by atoms with E-state index >= 15 is 0 Å². The molecule has 24 heavy (non-hydrogen) atoms. The Morgan fingerprint density at radius 3 is 2.92 bits per heavy atom. The highest BCUT2D eigenvalue weighted by Crippen LogP contribution is 2.32. The third kappa shape index (κ3) is 2.09. The van der Waals surface area contributed by atoms with Gasteiger partial charge < -0.3 is 4.90 Å². The Hall–Kier alpha value is -3.36. The molecule has 1 aliphatic rings. The molecule has 4 rings (SSSR count). The van der Waals surface area contributed by atoms with Gasteiger partial charge in [-0.2, -0.15) is 4.98 Å². The lowest BCUT2D eigenvalue weighted by Gasteiger charge is -2.14. The highest BCUT2D eigenvalue weighted by atomic mass is 16.6. The minimum Gasteiger partial charge on any atom is -0.305 e. The predicted octanol–water partition coefficient (Wildman–Crippen LogP) is 1.54. The standard InChI is InChI=1S/C15H12N6O3/c1-9-4-6-16-15-17-13(18-20(9)15)14(22)19-7-5-10-2-3-11(21(23)24)8-12(10)19/h2-4,6,8H,5,7H2,1H3. The lowest BCUT2D eigenvalue weighted by atomic mass is 10.1. The monoisotopic (exact) mass is 324 g/mol. The number of carbonyl (C=O) groups is 1. The largest absolute Gasteiger partial charge is 0.305 e. The molecule has 0 fully saturated rings. The van der Waals surface area contributed by atoms with Crippen LogP contribution in [0.3, 0.4) is 0 Å². The number of aryl methyl sites for hydroxylation is 1. The highest BCUT2D eigenvalue weighted by molar-refractivity contribution is 6.05. The molecule has 9 nitrogen and oxygen atoms in total. The molecular formula is C15H12N6O3. The first kappa shape index (κ1) is 14.2. The number of hydrogen-bond acceptors (Lipinski definition) is 6. The van der Waals surface area contributed by atoms with Crippen LogP contribution in [0.1, 0.15) is 21.9 Å². The van der Waals surface area contributed by atoms with Gasteiger partial charge in [0.1, 0.15) is 0 Å². The van der Waals surface area contributed by atoms with Crippen molar-refractivity contribution in [3.63, 3.8) is 0 Å². The number of aromatic nitrogens is 4. The summed E-state index contributed by atoms with van der Waals surface area (Å²) in [7, 11) is 0. The molecule has 0 aliphatic carbocycles. The first-order chi connectivity index (χ1) is 11.5. The maximum absolute atomic E-state index is 12.8. The molecule has 2 aromatic heterocycles. The quantitative estimate of drug-likeness (QED) is 0.523. The summed E-state index contributed by atoms with van der Waals surface area (Å²) in [6, 6.07) is 6.32. The van der Waals surface area contributed by atoms with Gasteiger partial charge in [0.2, 0.25) is 5.82 Å². The SMILES string of the molecule is Cc1ccnc2nc(C(=O)N3CCc4ccc([N+](=O)[O-])cc43)nn12. The Morgan fingerprint density at radius 2 is 2.17 bits per heavy atom. The fourth-order valence-electron chi connectivity index (χ4n) is 2.81. The lowest BCUT2D eigenvalue weighted by molar-refractivity contribution is -0.384. The molecule has 0 atom stereocenters. The van der Waals surface area contributed by atoms with Gasteiger partial charge in [0.05, 0.1) is 10.6 Å². The van der Waals surface area contributed by atoms with Crippen LogP contribution in [0.2, 0.25) is 0 Å². The van der Waals surface area contributed by atoms with Crippen molar-refractivity contribution in [2.24, 2.45) is 0 Å². The summed E-state index contributed by atoms with van der Waals surface area (Å²) in [6.07, 6.45) is 2.24. The summed E-state index contributed by atoms with van der Waals surface area (Å²) in [5.74, 6) is -0.0212. The molecular weight excluding hydrogens is 312 g/mol. The van der Waals surface area contributed by atoms with Crippen molar-refractivity contribution in [1.82, 2.24) is 19.6 Å². The van der Waals surface area contributed by atoms with Crippen LogP contribution in [0.5, 0.6) is 0 Å². The molecule has 1 aromatic carbocycles. The van der Waals surface area contributed by atoms with E-state index in [0.29, 0.717) is 24.4 Å². The van der Waals surface area contributed by atoms with Gasteiger partial charge in [0.25, 0.3) is 17.4 Å². The number of benzene rings is 1. The van der Waals surface area contributed by atoms with Crippen molar-refractivity contribution in [3.05, 3.63) is 57.7 Å². The summed E-state index contributed by atoms with van der Waals surface area (Å²) in [6.45, 7) is 2.28. The van der Waals surface area contributed by atoms with E-state index in [9.17, 15) is 14.9 Å². The highest BCUT2D eigenvalue weighted by Gasteiger charge is 2.30. The van der Waals surface area contributed by atoms with E-state index in [1.807, 2.05) is 6.92 Å². The molecule has 1 amide bonds. The fraction of sp³-hybridized carbons (Fsp3) is 0.200. The van der Waals surface area contributed by atoms with Gasteiger partial charge >= 0.3 is 0 Å². The number of amides is 1. The molecule has 3 heterocycles. The Kier molecular flexibility index (Phi) is 3.02. The van der Waals surface area contributed by atoms with E-state index in [1.165, 1.54) is 21.5 Å². The van der Waals surface area contributed by atoms with Crippen LogP contribution in [0.25, 0.3) is 5.78 Å². The third-order valence-corrected chi connectivity index (χ3v) is 4.04. The van der Waals surface area contributed by atoms with Gasteiger partial charge in [-0.05, 0) is 25.0 Å². The molecule has 0 spiro atoms. The molecule has 9 heteroatoms. The molecule has 0 radical (unpaired) electrons. The van der Waals surface area contributed by atoms with Crippen LogP contribution in [-0.4, -0.2) is 37.0 Å². The van der Waals surface area contributed by atoms with E-state index in [4.69, 9.17) is 0 Å². The van der Waals surface area contributed by atoms with Crippen molar-refractivity contribution in [2.45, 2.75) is 13.3 Å². The summed E-state index contributed by atoms with van der Waals surface area (Å²) in [5.41, 5.74) is 2.20. The normalized spacial score (nSPS) is 13.3. The van der Waals surface area contributed by atoms with Crippen molar-refractivity contribution >= 4 is 23.1 Å². The number of anilines is 1. The van der Waals surface area contributed by atoms with Gasteiger partial charge in [0, 0.05) is 30.6 Å². The maximum Gasteiger partial charge on any atom is 0.298 e. The molecule has 0 saturated carbocycles. The molecule has 0 unspecified atom stereocenters. The van der Waals surface area contributed by atoms with Gasteiger partial charge in [0.15, 0.2) is 0 Å². The van der Waals surface area contributed by atoms with Crippen molar-refractivity contribution in [2.75, 3.05) is 11.4 Å². The Bertz CT molecular complexity index is 996. The second-order valence-electron chi connectivity index (χ2n) is 5.51. The number of non-ortho nitro benzene ring substituents is 1. The number of hydrogen-bond donors (Lipinski definition) is 0. The molecule has 3 aromatic rings. The van der Waals surface area contributed by atoms with Crippen molar-refractivity contribution < 1.29 is 9.72 Å². The Balaban J connectivity index is 1.75. The number of rotatable bonds is 2. The van der Waals surface area contributed by atoms with Gasteiger partial charge in [-0.3, -0.25) is 14.9 Å². The molecule has 120 valence electrons.